The van der Waals surface area contributed by atoms with Gasteiger partial charge in [-0.25, -0.2) is 0 Å². The van der Waals surface area contributed by atoms with E-state index in [-0.39, 0.29) is 18.2 Å². The molecule has 0 spiro atoms. The number of aliphatic hydroxyl groups is 1. The molecule has 0 aliphatic heterocycles. The van der Waals surface area contributed by atoms with E-state index in [0.717, 1.165) is 0 Å². The average molecular weight is 131 g/mol. The standard InChI is InChI=1S/C6H13NO2/c1-4(2)6(9)5(8)3-7/h4-5,8H,3,7H2,1-2H3. The van der Waals surface area contributed by atoms with Crippen molar-refractivity contribution in [3.05, 3.63) is 0 Å². The summed E-state index contributed by atoms with van der Waals surface area (Å²) in [7, 11) is 0. The van der Waals surface area contributed by atoms with Crippen molar-refractivity contribution in [2.24, 2.45) is 11.7 Å². The topological polar surface area (TPSA) is 63.3 Å². The summed E-state index contributed by atoms with van der Waals surface area (Å²) in [5.74, 6) is -0.305. The number of aliphatic hydroxyl groups excluding tert-OH is 1. The molecule has 1 unspecified atom stereocenters. The van der Waals surface area contributed by atoms with Gasteiger partial charge in [-0.15, -0.1) is 0 Å². The molecule has 0 saturated carbocycles. The van der Waals surface area contributed by atoms with Gasteiger partial charge in [0.2, 0.25) is 0 Å². The van der Waals surface area contributed by atoms with Crippen LogP contribution in [0.1, 0.15) is 13.8 Å². The Bertz CT molecular complexity index is 101. The van der Waals surface area contributed by atoms with Crippen molar-refractivity contribution in [3.63, 3.8) is 0 Å². The Kier molecular flexibility index (Phi) is 3.42. The number of nitrogens with two attached hydrogens (primary N) is 1. The monoisotopic (exact) mass is 131 g/mol. The minimum Gasteiger partial charge on any atom is -0.384 e. The summed E-state index contributed by atoms with van der Waals surface area (Å²) in [5.41, 5.74) is 5.04. The van der Waals surface area contributed by atoms with Gasteiger partial charge >= 0.3 is 0 Å². The van der Waals surface area contributed by atoms with Crippen LogP contribution in [0.3, 0.4) is 0 Å². The molecule has 0 amide bonds. The van der Waals surface area contributed by atoms with Gasteiger partial charge < -0.3 is 10.8 Å². The smallest absolute Gasteiger partial charge is 0.165 e. The van der Waals surface area contributed by atoms with E-state index in [2.05, 4.69) is 0 Å². The largest absolute Gasteiger partial charge is 0.384 e. The lowest BCUT2D eigenvalue weighted by molar-refractivity contribution is -0.129. The van der Waals surface area contributed by atoms with Crippen molar-refractivity contribution in [1.82, 2.24) is 0 Å². The third-order valence-corrected chi connectivity index (χ3v) is 1.12. The van der Waals surface area contributed by atoms with Gasteiger partial charge in [0.25, 0.3) is 0 Å². The lowest BCUT2D eigenvalue weighted by atomic mass is 10.0. The maximum Gasteiger partial charge on any atom is 0.165 e. The van der Waals surface area contributed by atoms with Gasteiger partial charge in [0.1, 0.15) is 6.10 Å². The van der Waals surface area contributed by atoms with Gasteiger partial charge in [-0.05, 0) is 0 Å². The van der Waals surface area contributed by atoms with E-state index < -0.39 is 6.10 Å². The molecule has 0 aromatic carbocycles. The second kappa shape index (κ2) is 3.58. The Labute approximate surface area is 54.9 Å². The summed E-state index contributed by atoms with van der Waals surface area (Å²) in [6.45, 7) is 3.50. The minimum absolute atomic E-state index is 0.0248. The first-order valence-corrected chi connectivity index (χ1v) is 3.01. The van der Waals surface area contributed by atoms with Crippen LogP contribution in [-0.2, 0) is 4.79 Å². The molecule has 3 N–H and O–H groups in total. The first-order chi connectivity index (χ1) is 4.09. The van der Waals surface area contributed by atoms with E-state index in [0.29, 0.717) is 0 Å². The zero-order valence-corrected chi connectivity index (χ0v) is 5.79. The number of ketones is 1. The molecule has 9 heavy (non-hydrogen) atoms. The van der Waals surface area contributed by atoms with Crippen molar-refractivity contribution in [2.75, 3.05) is 6.54 Å². The molecule has 0 aromatic heterocycles. The fourth-order valence-corrected chi connectivity index (χ4v) is 0.501. The second-order valence-corrected chi connectivity index (χ2v) is 2.31. The van der Waals surface area contributed by atoms with Gasteiger partial charge in [-0.2, -0.15) is 0 Å². The van der Waals surface area contributed by atoms with Gasteiger partial charge in [0.05, 0.1) is 0 Å². The van der Waals surface area contributed by atoms with Gasteiger partial charge in [0.15, 0.2) is 5.78 Å². The Balaban J connectivity index is 3.73. The van der Waals surface area contributed by atoms with E-state index in [1.807, 2.05) is 0 Å². The van der Waals surface area contributed by atoms with E-state index in [1.165, 1.54) is 0 Å². The van der Waals surface area contributed by atoms with Crippen molar-refractivity contribution in [2.45, 2.75) is 20.0 Å². The maximum absolute atomic E-state index is 10.7. The van der Waals surface area contributed by atoms with E-state index in [4.69, 9.17) is 10.8 Å². The van der Waals surface area contributed by atoms with Gasteiger partial charge in [-0.1, -0.05) is 13.8 Å². The third kappa shape index (κ3) is 2.58. The number of carbonyl (C=O) groups excluding carboxylic acids is 1. The quantitative estimate of drug-likeness (QED) is 0.544. The van der Waals surface area contributed by atoms with Crippen LogP contribution < -0.4 is 5.73 Å². The number of carbonyl (C=O) groups is 1. The minimum atomic E-state index is -0.968. The molecule has 0 heterocycles. The third-order valence-electron chi connectivity index (χ3n) is 1.12. The molecule has 0 rings (SSSR count). The van der Waals surface area contributed by atoms with Gasteiger partial charge in [-0.3, -0.25) is 4.79 Å². The van der Waals surface area contributed by atoms with Crippen LogP contribution in [0.5, 0.6) is 0 Å². The fraction of sp³-hybridized carbons (Fsp3) is 0.833. The predicted molar refractivity (Wildman–Crippen MR) is 34.9 cm³/mol. The Morgan fingerprint density at radius 1 is 1.67 bits per heavy atom. The van der Waals surface area contributed by atoms with Crippen LogP contribution in [0, 0.1) is 5.92 Å². The number of hydrogen-bond acceptors (Lipinski definition) is 3. The molecule has 1 atom stereocenters. The summed E-state index contributed by atoms with van der Waals surface area (Å²) in [6, 6.07) is 0. The number of Topliss-reactive ketones (excluding diaryl/α,β-unsaturated/α-hetero) is 1. The molecular formula is C6H13NO2. The van der Waals surface area contributed by atoms with Crippen LogP contribution in [0.25, 0.3) is 0 Å². The first-order valence-electron chi connectivity index (χ1n) is 3.01. The molecule has 0 aromatic rings. The van der Waals surface area contributed by atoms with Crippen molar-refractivity contribution >= 4 is 5.78 Å². The maximum atomic E-state index is 10.7. The molecular weight excluding hydrogens is 118 g/mol. The molecule has 3 heteroatoms. The molecule has 0 radical (unpaired) electrons. The Morgan fingerprint density at radius 3 is 2.22 bits per heavy atom. The highest BCUT2D eigenvalue weighted by atomic mass is 16.3. The van der Waals surface area contributed by atoms with E-state index >= 15 is 0 Å². The highest BCUT2D eigenvalue weighted by Gasteiger charge is 2.15. The van der Waals surface area contributed by atoms with Crippen LogP contribution in [0.15, 0.2) is 0 Å². The highest BCUT2D eigenvalue weighted by molar-refractivity contribution is 5.84. The molecule has 0 aliphatic carbocycles. The predicted octanol–water partition coefficient (Wildman–Crippen LogP) is -0.469. The lowest BCUT2D eigenvalue weighted by Gasteiger charge is -2.07. The molecule has 0 saturated heterocycles. The number of hydrogen-bond donors (Lipinski definition) is 2. The fourth-order valence-electron chi connectivity index (χ4n) is 0.501. The van der Waals surface area contributed by atoms with E-state index in [1.54, 1.807) is 13.8 Å². The molecule has 0 aliphatic rings. The van der Waals surface area contributed by atoms with E-state index in [9.17, 15) is 4.79 Å². The summed E-state index contributed by atoms with van der Waals surface area (Å²) in [6.07, 6.45) is -0.968. The number of rotatable bonds is 3. The first kappa shape index (κ1) is 8.59. The van der Waals surface area contributed by atoms with Gasteiger partial charge in [0, 0.05) is 12.5 Å². The molecule has 3 nitrogen and oxygen atoms in total. The summed E-state index contributed by atoms with van der Waals surface area (Å²) >= 11 is 0. The average Bonchev–Trinajstić information content (AvgIpc) is 1.84. The highest BCUT2D eigenvalue weighted by Crippen LogP contribution is 1.97. The molecule has 54 valence electrons. The van der Waals surface area contributed by atoms with Crippen molar-refractivity contribution in [3.8, 4) is 0 Å². The molecule has 0 bridgehead atoms. The second-order valence-electron chi connectivity index (χ2n) is 2.31. The SMILES string of the molecule is CC(C)C(=O)C(O)CN. The van der Waals surface area contributed by atoms with Crippen LogP contribution in [-0.4, -0.2) is 23.5 Å². The molecule has 0 fully saturated rings. The van der Waals surface area contributed by atoms with Crippen molar-refractivity contribution in [1.29, 1.82) is 0 Å². The zero-order valence-electron chi connectivity index (χ0n) is 5.79. The van der Waals surface area contributed by atoms with Crippen molar-refractivity contribution < 1.29 is 9.90 Å². The lowest BCUT2D eigenvalue weighted by Crippen LogP contribution is -2.32. The van der Waals surface area contributed by atoms with Crippen LogP contribution >= 0.6 is 0 Å². The Morgan fingerprint density at radius 2 is 2.11 bits per heavy atom. The van der Waals surface area contributed by atoms with Crippen LogP contribution in [0.2, 0.25) is 0 Å². The summed E-state index contributed by atoms with van der Waals surface area (Å²) < 4.78 is 0. The zero-order chi connectivity index (χ0) is 7.44. The summed E-state index contributed by atoms with van der Waals surface area (Å²) in [5, 5.41) is 8.82. The Hall–Kier alpha value is -0.410. The van der Waals surface area contributed by atoms with Crippen LogP contribution in [0.4, 0.5) is 0 Å². The summed E-state index contributed by atoms with van der Waals surface area (Å²) in [4.78, 5) is 10.7. The normalized spacial score (nSPS) is 13.9.